The Morgan fingerprint density at radius 3 is 2.74 bits per heavy atom. The van der Waals surface area contributed by atoms with Gasteiger partial charge < -0.3 is 5.32 Å². The van der Waals surface area contributed by atoms with E-state index < -0.39 is 0 Å². The maximum Gasteiger partial charge on any atom is 0.235 e. The molecular weight excluding hydrogens is 286 g/mol. The van der Waals surface area contributed by atoms with Crippen molar-refractivity contribution in [3.05, 3.63) is 59.7 Å². The zero-order chi connectivity index (χ0) is 16.1. The topological polar surface area (TPSA) is 56.1 Å². The molecule has 0 spiro atoms. The number of nitrogens with zero attached hydrogens (tertiary/aromatic N) is 2. The Kier molecular flexibility index (Phi) is 4.70. The predicted octanol–water partition coefficient (Wildman–Crippen LogP) is 2.35. The van der Waals surface area contributed by atoms with Crippen LogP contribution in [0.2, 0.25) is 0 Å². The molecule has 1 aliphatic rings. The first-order valence-corrected chi connectivity index (χ1v) is 7.79. The molecule has 116 valence electrons. The monoisotopic (exact) mass is 305 g/mol. The van der Waals surface area contributed by atoms with Gasteiger partial charge in [-0.2, -0.15) is 5.26 Å². The van der Waals surface area contributed by atoms with E-state index in [9.17, 15) is 4.79 Å². The summed E-state index contributed by atoms with van der Waals surface area (Å²) < 4.78 is 0. The molecule has 4 nitrogen and oxygen atoms in total. The van der Waals surface area contributed by atoms with Crippen molar-refractivity contribution in [1.82, 2.24) is 10.2 Å². The molecule has 3 rings (SSSR count). The highest BCUT2D eigenvalue weighted by Gasteiger charge is 2.18. The van der Waals surface area contributed by atoms with Crippen LogP contribution in [0, 0.1) is 11.3 Å². The molecule has 1 aliphatic heterocycles. The second-order valence-corrected chi connectivity index (χ2v) is 5.75. The quantitative estimate of drug-likeness (QED) is 0.882. The van der Waals surface area contributed by atoms with Gasteiger partial charge in [0.1, 0.15) is 6.54 Å². The van der Waals surface area contributed by atoms with Crippen LogP contribution in [0.3, 0.4) is 0 Å². The second-order valence-electron chi connectivity index (χ2n) is 5.75. The summed E-state index contributed by atoms with van der Waals surface area (Å²) in [5.74, 6) is -0.0887. The number of rotatable bonds is 4. The van der Waals surface area contributed by atoms with Gasteiger partial charge in [-0.1, -0.05) is 42.5 Å². The molecule has 0 radical (unpaired) electrons. The van der Waals surface area contributed by atoms with Crippen molar-refractivity contribution in [3.63, 3.8) is 0 Å². The van der Waals surface area contributed by atoms with Crippen LogP contribution in [0.5, 0.6) is 0 Å². The SMILES string of the molecule is N#CCNC(=O)CN1CCc2ccc(-c3ccccc3)cc2C1. The third-order valence-corrected chi connectivity index (χ3v) is 4.14. The summed E-state index contributed by atoms with van der Waals surface area (Å²) in [4.78, 5) is 13.9. The molecule has 0 atom stereocenters. The van der Waals surface area contributed by atoms with E-state index in [1.807, 2.05) is 24.3 Å². The van der Waals surface area contributed by atoms with Crippen LogP contribution >= 0.6 is 0 Å². The number of carbonyl (C=O) groups excluding carboxylic acids is 1. The molecule has 0 saturated carbocycles. The molecule has 2 aromatic rings. The average molecular weight is 305 g/mol. The van der Waals surface area contributed by atoms with Gasteiger partial charge in [0.15, 0.2) is 0 Å². The van der Waals surface area contributed by atoms with Crippen molar-refractivity contribution < 1.29 is 4.79 Å². The molecule has 4 heteroatoms. The highest BCUT2D eigenvalue weighted by molar-refractivity contribution is 5.78. The molecule has 0 fully saturated rings. The van der Waals surface area contributed by atoms with Gasteiger partial charge in [0.25, 0.3) is 0 Å². The largest absolute Gasteiger partial charge is 0.342 e. The highest BCUT2D eigenvalue weighted by atomic mass is 16.2. The lowest BCUT2D eigenvalue weighted by atomic mass is 9.95. The van der Waals surface area contributed by atoms with Crippen LogP contribution in [-0.2, 0) is 17.8 Å². The molecule has 1 heterocycles. The van der Waals surface area contributed by atoms with Gasteiger partial charge in [-0.05, 0) is 34.7 Å². The van der Waals surface area contributed by atoms with Crippen LogP contribution < -0.4 is 5.32 Å². The van der Waals surface area contributed by atoms with Gasteiger partial charge in [0.2, 0.25) is 5.91 Å². The number of amides is 1. The van der Waals surface area contributed by atoms with Gasteiger partial charge in [-0.3, -0.25) is 9.69 Å². The normalized spacial score (nSPS) is 13.9. The van der Waals surface area contributed by atoms with Gasteiger partial charge in [-0.25, -0.2) is 0 Å². The summed E-state index contributed by atoms with van der Waals surface area (Å²) in [7, 11) is 0. The number of benzene rings is 2. The maximum atomic E-state index is 11.8. The van der Waals surface area contributed by atoms with Crippen molar-refractivity contribution in [2.75, 3.05) is 19.6 Å². The lowest BCUT2D eigenvalue weighted by Crippen LogP contribution is -2.40. The zero-order valence-corrected chi connectivity index (χ0v) is 13.0. The fraction of sp³-hybridized carbons (Fsp3) is 0.263. The number of fused-ring (bicyclic) bond motifs is 1. The molecule has 0 unspecified atom stereocenters. The average Bonchev–Trinajstić information content (AvgIpc) is 2.60. The number of nitrogens with one attached hydrogen (secondary N) is 1. The Hall–Kier alpha value is -2.64. The summed E-state index contributed by atoms with van der Waals surface area (Å²) in [5, 5.41) is 11.1. The summed E-state index contributed by atoms with van der Waals surface area (Å²) in [6.45, 7) is 2.06. The van der Waals surface area contributed by atoms with Gasteiger partial charge in [0, 0.05) is 13.1 Å². The minimum absolute atomic E-state index is 0.0708. The molecule has 1 amide bonds. The lowest BCUT2D eigenvalue weighted by molar-refractivity contribution is -0.122. The predicted molar refractivity (Wildman–Crippen MR) is 89.5 cm³/mol. The van der Waals surface area contributed by atoms with Gasteiger partial charge in [-0.15, -0.1) is 0 Å². The molecule has 0 aromatic heterocycles. The Bertz CT molecular complexity index is 734. The van der Waals surface area contributed by atoms with Crippen molar-refractivity contribution >= 4 is 5.91 Å². The Labute approximate surface area is 136 Å². The third kappa shape index (κ3) is 3.77. The van der Waals surface area contributed by atoms with Gasteiger partial charge >= 0.3 is 0 Å². The smallest absolute Gasteiger partial charge is 0.235 e. The molecule has 1 N–H and O–H groups in total. The van der Waals surface area contributed by atoms with E-state index in [1.165, 1.54) is 22.3 Å². The zero-order valence-electron chi connectivity index (χ0n) is 13.0. The second kappa shape index (κ2) is 7.08. The van der Waals surface area contributed by atoms with E-state index in [0.29, 0.717) is 6.54 Å². The molecular formula is C19H19N3O. The Morgan fingerprint density at radius 2 is 1.96 bits per heavy atom. The van der Waals surface area contributed by atoms with E-state index in [-0.39, 0.29) is 12.5 Å². The highest BCUT2D eigenvalue weighted by Crippen LogP contribution is 2.26. The van der Waals surface area contributed by atoms with Crippen molar-refractivity contribution in [2.45, 2.75) is 13.0 Å². The molecule has 0 aliphatic carbocycles. The first-order valence-electron chi connectivity index (χ1n) is 7.79. The molecule has 23 heavy (non-hydrogen) atoms. The third-order valence-electron chi connectivity index (χ3n) is 4.14. The van der Waals surface area contributed by atoms with Crippen molar-refractivity contribution in [1.29, 1.82) is 5.26 Å². The maximum absolute atomic E-state index is 11.8. The van der Waals surface area contributed by atoms with Crippen LogP contribution in [-0.4, -0.2) is 30.4 Å². The Balaban J connectivity index is 1.72. The van der Waals surface area contributed by atoms with E-state index in [1.54, 1.807) is 0 Å². The fourth-order valence-corrected chi connectivity index (χ4v) is 2.96. The number of carbonyl (C=O) groups is 1. The summed E-state index contributed by atoms with van der Waals surface area (Å²) in [5.41, 5.74) is 5.06. The van der Waals surface area contributed by atoms with Crippen LogP contribution in [0.1, 0.15) is 11.1 Å². The number of hydrogen-bond donors (Lipinski definition) is 1. The van der Waals surface area contributed by atoms with Crippen LogP contribution in [0.4, 0.5) is 0 Å². The lowest BCUT2D eigenvalue weighted by Gasteiger charge is -2.28. The van der Waals surface area contributed by atoms with Crippen molar-refractivity contribution in [2.24, 2.45) is 0 Å². The van der Waals surface area contributed by atoms with Crippen LogP contribution in [0.25, 0.3) is 11.1 Å². The fourth-order valence-electron chi connectivity index (χ4n) is 2.96. The van der Waals surface area contributed by atoms with Gasteiger partial charge in [0.05, 0.1) is 12.6 Å². The standard InChI is InChI=1S/C19H19N3O/c20-9-10-21-19(23)14-22-11-8-16-6-7-17(12-18(16)13-22)15-4-2-1-3-5-15/h1-7,12H,8,10-11,13-14H2,(H,21,23). The van der Waals surface area contributed by atoms with E-state index >= 15 is 0 Å². The first kappa shape index (κ1) is 15.3. The Morgan fingerprint density at radius 1 is 1.13 bits per heavy atom. The minimum atomic E-state index is -0.0887. The molecule has 2 aromatic carbocycles. The van der Waals surface area contributed by atoms with Crippen molar-refractivity contribution in [3.8, 4) is 17.2 Å². The molecule has 0 bridgehead atoms. The summed E-state index contributed by atoms with van der Waals surface area (Å²) in [6.07, 6.45) is 0.954. The van der Waals surface area contributed by atoms with E-state index in [2.05, 4.69) is 40.5 Å². The van der Waals surface area contributed by atoms with E-state index in [0.717, 1.165) is 19.5 Å². The number of nitriles is 1. The summed E-state index contributed by atoms with van der Waals surface area (Å²) >= 11 is 0. The molecule has 0 saturated heterocycles. The minimum Gasteiger partial charge on any atom is -0.342 e. The van der Waals surface area contributed by atoms with E-state index in [4.69, 9.17) is 5.26 Å². The first-order chi connectivity index (χ1) is 11.3. The van der Waals surface area contributed by atoms with Crippen LogP contribution in [0.15, 0.2) is 48.5 Å². The summed E-state index contributed by atoms with van der Waals surface area (Å²) in [6, 6.07) is 18.8. The number of hydrogen-bond acceptors (Lipinski definition) is 3.